The van der Waals surface area contributed by atoms with Crippen molar-refractivity contribution in [1.82, 2.24) is 0 Å². The molecule has 0 radical (unpaired) electrons. The molecule has 2 aliphatic rings. The largest absolute Gasteiger partial charge is 1.00 e. The van der Waals surface area contributed by atoms with Crippen molar-refractivity contribution >= 4 is 35.5 Å². The molecule has 288 valence electrons. The van der Waals surface area contributed by atoms with E-state index in [4.69, 9.17) is 0 Å². The first kappa shape index (κ1) is 47.1. The maximum Gasteiger partial charge on any atom is -1.00 e. The third-order valence-corrected chi connectivity index (χ3v) is 60.6. The number of allylic oxidation sites excluding steroid dienone is 2. The Morgan fingerprint density at radius 1 is 0.444 bits per heavy atom. The standard InChI is InChI=1S/2C12H18N.2C9H7.2C2H7Si.2ClH.2Hf/c2*1-8(2)10-6-5-7-11(9(3)4)12(10)13;2*1-2-5-9-7-3-6-8(9)4-1;2*1-3-2;;;;/h2*5-9,13H,1-4H3;2*1-7H;2*3H,1-2H3;2*1H;;/q2*-1;;;;;;;2*+2/p-2. The second kappa shape index (κ2) is 21.5. The van der Waals surface area contributed by atoms with Crippen molar-refractivity contribution < 1.29 is 66.6 Å². The zero-order valence-electron chi connectivity index (χ0n) is 34.8. The fraction of sp³-hybridized carbons (Fsp3) is 0.391. The molecule has 4 aromatic carbocycles. The first-order chi connectivity index (χ1) is 24.8. The first-order valence-corrected chi connectivity index (χ1v) is 45.8. The van der Waals surface area contributed by atoms with E-state index in [0.29, 0.717) is 31.0 Å². The summed E-state index contributed by atoms with van der Waals surface area (Å²) >= 11 is -4.11. The molecule has 2 N–H and O–H groups in total. The molecule has 0 amide bonds. The monoisotopic (exact) mass is 1130 g/mol. The summed E-state index contributed by atoms with van der Waals surface area (Å²) in [5.74, 6) is 0.795. The Labute approximate surface area is 359 Å². The van der Waals surface area contributed by atoms with E-state index in [1.165, 1.54) is 44.8 Å². The molecule has 2 unspecified atom stereocenters. The van der Waals surface area contributed by atoms with Gasteiger partial charge in [0.05, 0.1) is 0 Å². The molecular formula is C46H64Cl2Hf2N2Si2. The van der Waals surface area contributed by atoms with Crippen LogP contribution in [0.5, 0.6) is 0 Å². The average molecular weight is 1130 g/mol. The SMILES string of the molecule is CC(C)c1cccc(C(C)C)c1[NH][Hf+]([CH]1C=Cc2ccccc21)[SiH](C)C.CC(C)c1cccc(C(C)C)c1[NH][Hf+]([CH]1C=Cc2ccccc21)[SiH](C)C.[Cl-].[Cl-]. The van der Waals surface area contributed by atoms with Crippen LogP contribution in [0.4, 0.5) is 11.4 Å². The predicted octanol–water partition coefficient (Wildman–Crippen LogP) is 7.27. The summed E-state index contributed by atoms with van der Waals surface area (Å²) < 4.78 is 9.96. The molecule has 2 atom stereocenters. The zero-order chi connectivity index (χ0) is 37.7. The maximum atomic E-state index is 4.28. The molecule has 54 heavy (non-hydrogen) atoms. The molecule has 6 rings (SSSR count). The van der Waals surface area contributed by atoms with Gasteiger partial charge in [-0.3, -0.25) is 0 Å². The molecule has 0 aromatic heterocycles. The quantitative estimate of drug-likeness (QED) is 0.146. The topological polar surface area (TPSA) is 24.1 Å². The number of hydrogen-bond acceptors (Lipinski definition) is 2. The fourth-order valence-electron chi connectivity index (χ4n) is 7.88. The van der Waals surface area contributed by atoms with Crippen LogP contribution in [0, 0.1) is 0 Å². The normalized spacial score (nSPS) is 15.2. The molecule has 0 bridgehead atoms. The Morgan fingerprint density at radius 3 is 1.02 bits per heavy atom. The van der Waals surface area contributed by atoms with Crippen LogP contribution in [0.25, 0.3) is 12.2 Å². The summed E-state index contributed by atoms with van der Waals surface area (Å²) in [6.07, 6.45) is 9.75. The van der Waals surface area contributed by atoms with E-state index in [-0.39, 0.29) is 24.8 Å². The molecule has 2 nitrogen and oxygen atoms in total. The van der Waals surface area contributed by atoms with Gasteiger partial charge in [0.25, 0.3) is 0 Å². The molecule has 0 spiro atoms. The fourth-order valence-corrected chi connectivity index (χ4v) is 50.5. The van der Waals surface area contributed by atoms with Crippen LogP contribution < -0.4 is 31.4 Å². The Hall–Kier alpha value is -1.29. The van der Waals surface area contributed by atoms with E-state index >= 15 is 0 Å². The van der Waals surface area contributed by atoms with Crippen LogP contribution in [0.1, 0.15) is 131 Å². The van der Waals surface area contributed by atoms with Crippen LogP contribution in [0.2, 0.25) is 26.2 Å². The molecule has 0 aliphatic heterocycles. The van der Waals surface area contributed by atoms with Crippen molar-refractivity contribution in [1.29, 1.82) is 0 Å². The van der Waals surface area contributed by atoms with Crippen molar-refractivity contribution in [3.63, 3.8) is 0 Å². The Balaban J connectivity index is 0.000000280. The van der Waals surface area contributed by atoms with Gasteiger partial charge in [0.15, 0.2) is 0 Å². The summed E-state index contributed by atoms with van der Waals surface area (Å²) in [6, 6.07) is 31.9. The average Bonchev–Trinajstić information content (AvgIpc) is 3.73. The smallest absolute Gasteiger partial charge is 1.00 e. The molecular weight excluding hydrogens is 1060 g/mol. The summed E-state index contributed by atoms with van der Waals surface area (Å²) in [4.78, 5) is 0. The van der Waals surface area contributed by atoms with Gasteiger partial charge in [-0.1, -0.05) is 0 Å². The van der Waals surface area contributed by atoms with Crippen LogP contribution in [-0.4, -0.2) is 12.0 Å². The van der Waals surface area contributed by atoms with E-state index in [1.807, 2.05) is 0 Å². The van der Waals surface area contributed by atoms with Gasteiger partial charge < -0.3 is 24.8 Å². The summed E-state index contributed by atoms with van der Waals surface area (Å²) in [5, 5.41) is 0. The number of nitrogens with one attached hydrogen (secondary N) is 2. The number of para-hydroxylation sites is 2. The number of halogens is 2. The molecule has 8 heteroatoms. The number of anilines is 2. The van der Waals surface area contributed by atoms with E-state index in [2.05, 4.69) is 197 Å². The Kier molecular flexibility index (Phi) is 18.7. The zero-order valence-corrected chi connectivity index (χ0v) is 45.8. The summed E-state index contributed by atoms with van der Waals surface area (Å²) in [7, 11) is 0. The molecule has 2 aliphatic carbocycles. The van der Waals surface area contributed by atoms with Crippen LogP contribution in [-0.2, 0) is 41.8 Å². The Bertz CT molecular complexity index is 1680. The van der Waals surface area contributed by atoms with Gasteiger partial charge in [-0.05, 0) is 0 Å². The number of fused-ring (bicyclic) bond motifs is 2. The van der Waals surface area contributed by atoms with E-state index in [0.717, 1.165) is 0 Å². The first-order valence-electron chi connectivity index (χ1n) is 19.9. The predicted molar refractivity (Wildman–Crippen MR) is 231 cm³/mol. The summed E-state index contributed by atoms with van der Waals surface area (Å²) in [6.45, 7) is 28.9. The van der Waals surface area contributed by atoms with Gasteiger partial charge in [-0.15, -0.1) is 0 Å². The minimum Gasteiger partial charge on any atom is -1.00 e. The minimum absolute atomic E-state index is 0. The second-order valence-corrected chi connectivity index (χ2v) is 69.1. The Morgan fingerprint density at radius 2 is 0.741 bits per heavy atom. The van der Waals surface area contributed by atoms with Gasteiger partial charge in [-0.25, -0.2) is 0 Å². The van der Waals surface area contributed by atoms with Crippen LogP contribution in [0.3, 0.4) is 0 Å². The molecule has 4 aromatic rings. The number of hydrogen-bond donors (Lipinski definition) is 2. The van der Waals surface area contributed by atoms with Crippen LogP contribution in [0.15, 0.2) is 97.1 Å². The van der Waals surface area contributed by atoms with Crippen molar-refractivity contribution in [3.8, 4) is 0 Å². The van der Waals surface area contributed by atoms with Crippen molar-refractivity contribution in [2.45, 2.75) is 113 Å². The van der Waals surface area contributed by atoms with E-state index < -0.39 is 53.8 Å². The van der Waals surface area contributed by atoms with Gasteiger partial charge >= 0.3 is 338 Å². The van der Waals surface area contributed by atoms with E-state index in [9.17, 15) is 0 Å². The number of benzene rings is 4. The maximum absolute atomic E-state index is 4.28. The van der Waals surface area contributed by atoms with Gasteiger partial charge in [-0.2, -0.15) is 0 Å². The summed E-state index contributed by atoms with van der Waals surface area (Å²) in [5.41, 5.74) is 15.0. The number of rotatable bonds is 12. The van der Waals surface area contributed by atoms with Gasteiger partial charge in [0.2, 0.25) is 0 Å². The minimum atomic E-state index is -2.06. The second-order valence-electron chi connectivity index (χ2n) is 16.6. The van der Waals surface area contributed by atoms with Crippen molar-refractivity contribution in [2.24, 2.45) is 0 Å². The van der Waals surface area contributed by atoms with Crippen molar-refractivity contribution in [3.05, 3.63) is 142 Å². The third kappa shape index (κ3) is 11.0. The van der Waals surface area contributed by atoms with Crippen molar-refractivity contribution in [2.75, 3.05) is 6.61 Å². The molecule has 0 fully saturated rings. The van der Waals surface area contributed by atoms with Gasteiger partial charge in [0.1, 0.15) is 0 Å². The van der Waals surface area contributed by atoms with E-state index in [1.54, 1.807) is 11.1 Å². The van der Waals surface area contributed by atoms with Crippen LogP contribution >= 0.6 is 0 Å². The third-order valence-electron chi connectivity index (χ3n) is 10.8. The molecule has 0 heterocycles. The van der Waals surface area contributed by atoms with Gasteiger partial charge in [0, 0.05) is 0 Å². The molecule has 0 saturated carbocycles. The molecule has 0 saturated heterocycles.